The van der Waals surface area contributed by atoms with Crippen LogP contribution in [0, 0.1) is 10.8 Å². The van der Waals surface area contributed by atoms with Gasteiger partial charge in [0.15, 0.2) is 0 Å². The van der Waals surface area contributed by atoms with E-state index in [1.165, 1.54) is 0 Å². The Balaban J connectivity index is 2.27. The Labute approximate surface area is 127 Å². The number of ether oxygens (including phenoxy) is 2. The number of carbonyl (C=O) groups excluding carboxylic acids is 1. The quantitative estimate of drug-likeness (QED) is 0.571. The number of carbonyl (C=O) groups is 1. The normalized spacial score (nSPS) is 24.2. The van der Waals surface area contributed by atoms with Crippen LogP contribution in [-0.4, -0.2) is 33.7 Å². The third-order valence-electron chi connectivity index (χ3n) is 4.47. The maximum Gasteiger partial charge on any atom is 0.130 e. The highest BCUT2D eigenvalue weighted by Gasteiger charge is 2.50. The van der Waals surface area contributed by atoms with E-state index >= 15 is 0 Å². The van der Waals surface area contributed by atoms with Crippen LogP contribution in [0.5, 0.6) is 0 Å². The van der Waals surface area contributed by atoms with Gasteiger partial charge in [0.1, 0.15) is 6.29 Å². The minimum absolute atomic E-state index is 0.143. The van der Waals surface area contributed by atoms with E-state index in [-0.39, 0.29) is 5.41 Å². The van der Waals surface area contributed by atoms with Gasteiger partial charge in [0.2, 0.25) is 0 Å². The van der Waals surface area contributed by atoms with Crippen molar-refractivity contribution in [2.45, 2.75) is 19.3 Å². The van der Waals surface area contributed by atoms with Gasteiger partial charge in [0.25, 0.3) is 0 Å². The maximum atomic E-state index is 11.9. The highest BCUT2D eigenvalue weighted by molar-refractivity contribution is 5.67. The number of allylic oxidation sites excluding steroid dienone is 1. The van der Waals surface area contributed by atoms with Gasteiger partial charge in [-0.3, -0.25) is 0 Å². The molecule has 1 unspecified atom stereocenters. The number of rotatable bonds is 7. The van der Waals surface area contributed by atoms with Crippen molar-refractivity contribution in [3.8, 4) is 0 Å². The van der Waals surface area contributed by atoms with Gasteiger partial charge in [-0.05, 0) is 24.8 Å². The Bertz CT molecular complexity index is 488. The molecule has 0 heterocycles. The molecule has 0 saturated heterocycles. The van der Waals surface area contributed by atoms with Gasteiger partial charge in [0, 0.05) is 19.6 Å². The zero-order valence-corrected chi connectivity index (χ0v) is 12.9. The molecule has 114 valence electrons. The van der Waals surface area contributed by atoms with Crippen LogP contribution in [-0.2, 0) is 20.7 Å². The fourth-order valence-corrected chi connectivity index (χ4v) is 3.66. The predicted molar refractivity (Wildman–Crippen MR) is 83.2 cm³/mol. The van der Waals surface area contributed by atoms with Crippen molar-refractivity contribution in [2.24, 2.45) is 10.8 Å². The molecule has 2 rings (SSSR count). The van der Waals surface area contributed by atoms with Gasteiger partial charge in [-0.1, -0.05) is 42.5 Å². The maximum absolute atomic E-state index is 11.9. The van der Waals surface area contributed by atoms with E-state index in [4.69, 9.17) is 9.47 Å². The topological polar surface area (TPSA) is 35.5 Å². The molecule has 1 saturated carbocycles. The van der Waals surface area contributed by atoms with Gasteiger partial charge in [-0.15, -0.1) is 0 Å². The number of methoxy groups -OCH3 is 2. The summed E-state index contributed by atoms with van der Waals surface area (Å²) in [4.78, 5) is 11.9. The van der Waals surface area contributed by atoms with Crippen molar-refractivity contribution in [1.29, 1.82) is 0 Å². The monoisotopic (exact) mass is 288 g/mol. The lowest BCUT2D eigenvalue weighted by Crippen LogP contribution is -2.32. The summed E-state index contributed by atoms with van der Waals surface area (Å²) in [5.41, 5.74) is 1.51. The summed E-state index contributed by atoms with van der Waals surface area (Å²) >= 11 is 0. The molecule has 0 N–H and O–H groups in total. The zero-order valence-electron chi connectivity index (χ0n) is 12.9. The van der Waals surface area contributed by atoms with Crippen molar-refractivity contribution >= 4 is 6.29 Å². The molecule has 0 spiro atoms. The van der Waals surface area contributed by atoms with Crippen LogP contribution in [0.2, 0.25) is 0 Å². The zero-order chi connectivity index (χ0) is 15.3. The van der Waals surface area contributed by atoms with E-state index < -0.39 is 5.41 Å². The molecule has 0 aromatic heterocycles. The predicted octanol–water partition coefficient (Wildman–Crippen LogP) is 3.04. The van der Waals surface area contributed by atoms with Crippen LogP contribution in [0.1, 0.15) is 18.4 Å². The molecule has 1 fully saturated rings. The fraction of sp³-hybridized carbons (Fsp3) is 0.500. The van der Waals surface area contributed by atoms with Crippen LogP contribution in [0.15, 0.2) is 42.5 Å². The molecule has 3 nitrogen and oxygen atoms in total. The van der Waals surface area contributed by atoms with E-state index in [0.29, 0.717) is 19.6 Å². The lowest BCUT2D eigenvalue weighted by molar-refractivity contribution is -0.115. The molecule has 1 aliphatic carbocycles. The van der Waals surface area contributed by atoms with Gasteiger partial charge < -0.3 is 14.3 Å². The van der Waals surface area contributed by atoms with E-state index in [2.05, 4.69) is 18.7 Å². The smallest absolute Gasteiger partial charge is 0.130 e. The molecule has 3 heteroatoms. The molecule has 0 aliphatic heterocycles. The molecule has 1 aromatic rings. The first-order chi connectivity index (χ1) is 10.1. The van der Waals surface area contributed by atoms with Crippen LogP contribution in [0.4, 0.5) is 0 Å². The Morgan fingerprint density at radius 3 is 2.33 bits per heavy atom. The molecule has 0 amide bonds. The highest BCUT2D eigenvalue weighted by Crippen LogP contribution is 2.53. The Morgan fingerprint density at radius 2 is 1.81 bits per heavy atom. The number of hydrogen-bond acceptors (Lipinski definition) is 3. The largest absolute Gasteiger partial charge is 0.384 e. The van der Waals surface area contributed by atoms with E-state index in [0.717, 1.165) is 30.3 Å². The van der Waals surface area contributed by atoms with Gasteiger partial charge in [-0.2, -0.15) is 0 Å². The summed E-state index contributed by atoms with van der Waals surface area (Å²) in [6.07, 6.45) is 3.29. The van der Waals surface area contributed by atoms with Gasteiger partial charge in [-0.25, -0.2) is 0 Å². The average molecular weight is 288 g/mol. The summed E-state index contributed by atoms with van der Waals surface area (Å²) in [6, 6.07) is 10.1. The molecular formula is C18H24O3. The minimum Gasteiger partial charge on any atom is -0.384 e. The standard InChI is InChI=1S/C18H24O3/c1-15-9-17(13-20-2,14-21-3)11-18(15,12-19)10-16-7-5-4-6-8-16/h4-8,12H,1,9-11,13-14H2,2-3H3. The Hall–Kier alpha value is -1.45. The average Bonchev–Trinajstić information content (AvgIpc) is 2.73. The number of aldehydes is 1. The molecule has 1 aromatic carbocycles. The van der Waals surface area contributed by atoms with Crippen molar-refractivity contribution < 1.29 is 14.3 Å². The van der Waals surface area contributed by atoms with Crippen molar-refractivity contribution in [2.75, 3.05) is 27.4 Å². The van der Waals surface area contributed by atoms with Gasteiger partial charge in [0.05, 0.1) is 18.6 Å². The first-order valence-corrected chi connectivity index (χ1v) is 7.26. The molecule has 1 aliphatic rings. The Morgan fingerprint density at radius 1 is 1.19 bits per heavy atom. The van der Waals surface area contributed by atoms with Crippen molar-refractivity contribution in [3.05, 3.63) is 48.0 Å². The summed E-state index contributed by atoms with van der Waals surface area (Å²) in [6.45, 7) is 5.37. The highest BCUT2D eigenvalue weighted by atomic mass is 16.5. The first kappa shape index (κ1) is 15.9. The van der Waals surface area contributed by atoms with E-state index in [1.807, 2.05) is 18.2 Å². The molecule has 0 radical (unpaired) electrons. The van der Waals surface area contributed by atoms with Crippen molar-refractivity contribution in [1.82, 2.24) is 0 Å². The van der Waals surface area contributed by atoms with Crippen molar-refractivity contribution in [3.63, 3.8) is 0 Å². The van der Waals surface area contributed by atoms with Gasteiger partial charge >= 0.3 is 0 Å². The second-order valence-corrected chi connectivity index (χ2v) is 6.26. The number of benzene rings is 1. The third-order valence-corrected chi connectivity index (χ3v) is 4.47. The van der Waals surface area contributed by atoms with Crippen LogP contribution < -0.4 is 0 Å². The van der Waals surface area contributed by atoms with Crippen LogP contribution in [0.3, 0.4) is 0 Å². The molecular weight excluding hydrogens is 264 g/mol. The van der Waals surface area contributed by atoms with E-state index in [1.54, 1.807) is 14.2 Å². The summed E-state index contributed by atoms with van der Waals surface area (Å²) in [5.74, 6) is 0. The van der Waals surface area contributed by atoms with Crippen LogP contribution in [0.25, 0.3) is 0 Å². The number of hydrogen-bond donors (Lipinski definition) is 0. The summed E-state index contributed by atoms with van der Waals surface area (Å²) in [7, 11) is 3.39. The second-order valence-electron chi connectivity index (χ2n) is 6.26. The fourth-order valence-electron chi connectivity index (χ4n) is 3.66. The lowest BCUT2D eigenvalue weighted by atomic mass is 9.76. The molecule has 1 atom stereocenters. The lowest BCUT2D eigenvalue weighted by Gasteiger charge is -2.30. The SMILES string of the molecule is C=C1CC(COC)(COC)CC1(C=O)Cc1ccccc1. The minimum atomic E-state index is -0.502. The summed E-state index contributed by atoms with van der Waals surface area (Å²) in [5, 5.41) is 0. The molecule has 0 bridgehead atoms. The third kappa shape index (κ3) is 3.25. The first-order valence-electron chi connectivity index (χ1n) is 7.26. The van der Waals surface area contributed by atoms with Crippen LogP contribution >= 0.6 is 0 Å². The van der Waals surface area contributed by atoms with E-state index in [9.17, 15) is 4.79 Å². The molecule has 21 heavy (non-hydrogen) atoms. The summed E-state index contributed by atoms with van der Waals surface area (Å²) < 4.78 is 10.8. The Kier molecular flexibility index (Phi) is 4.96. The second kappa shape index (κ2) is 6.54.